The number of rotatable bonds is 5. The van der Waals surface area contributed by atoms with E-state index < -0.39 is 0 Å². The van der Waals surface area contributed by atoms with Gasteiger partial charge in [0.15, 0.2) is 5.78 Å². The molecule has 0 fully saturated rings. The molecule has 0 aliphatic rings. The Hall–Kier alpha value is -2.35. The summed E-state index contributed by atoms with van der Waals surface area (Å²) in [5, 5.41) is 0. The quantitative estimate of drug-likeness (QED) is 0.754. The summed E-state index contributed by atoms with van der Waals surface area (Å²) in [5.74, 6) is 0.0757. The van der Waals surface area contributed by atoms with Crippen LogP contribution in [-0.4, -0.2) is 12.3 Å². The lowest BCUT2D eigenvalue weighted by molar-refractivity contribution is -0.111. The van der Waals surface area contributed by atoms with E-state index in [1.165, 1.54) is 5.56 Å². The summed E-state index contributed by atoms with van der Waals surface area (Å²) in [4.78, 5) is 14.1. The molecule has 0 aliphatic carbocycles. The van der Waals surface area contributed by atoms with E-state index in [1.807, 2.05) is 36.5 Å². The number of nitrogens with zero attached hydrogens (tertiary/aromatic N) is 1. The Morgan fingerprint density at radius 1 is 1.05 bits per heavy atom. The van der Waals surface area contributed by atoms with E-state index in [0.717, 1.165) is 23.4 Å². The van der Waals surface area contributed by atoms with Crippen molar-refractivity contribution in [3.63, 3.8) is 0 Å². The van der Waals surface area contributed by atoms with Crippen molar-refractivity contribution in [2.45, 2.75) is 20.8 Å². The normalized spacial score (nSPS) is 11.3. The molecule has 0 heterocycles. The largest absolute Gasteiger partial charge is 0.348 e. The van der Waals surface area contributed by atoms with Gasteiger partial charge < -0.3 is 4.90 Å². The first kappa shape index (κ1) is 15.0. The second-order valence-corrected chi connectivity index (χ2v) is 5.09. The standard InChI is InChI=1S/C19H21NO/c1-4-20(18-12-10-15(2)11-13-18)14-19(16(3)21)17-8-6-5-7-9-17/h5-14H,4H2,1-3H3/b19-14+. The molecule has 0 unspecified atom stereocenters. The summed E-state index contributed by atoms with van der Waals surface area (Å²) in [7, 11) is 0. The number of benzene rings is 2. The van der Waals surface area contributed by atoms with Crippen LogP contribution in [0.2, 0.25) is 0 Å². The second kappa shape index (κ2) is 6.89. The minimum absolute atomic E-state index is 0.0757. The number of hydrogen-bond acceptors (Lipinski definition) is 2. The Balaban J connectivity index is 2.40. The van der Waals surface area contributed by atoms with E-state index in [2.05, 4.69) is 43.0 Å². The average molecular weight is 279 g/mol. The highest BCUT2D eigenvalue weighted by Crippen LogP contribution is 2.21. The van der Waals surface area contributed by atoms with Crippen LogP contribution in [0.5, 0.6) is 0 Å². The summed E-state index contributed by atoms with van der Waals surface area (Å²) < 4.78 is 0. The van der Waals surface area contributed by atoms with E-state index in [4.69, 9.17) is 0 Å². The highest BCUT2D eigenvalue weighted by Gasteiger charge is 2.10. The molecule has 2 aromatic rings. The monoisotopic (exact) mass is 279 g/mol. The van der Waals surface area contributed by atoms with Crippen LogP contribution in [-0.2, 0) is 4.79 Å². The summed E-state index contributed by atoms with van der Waals surface area (Å²) in [5.41, 5.74) is 4.01. The van der Waals surface area contributed by atoms with Crippen molar-refractivity contribution in [1.82, 2.24) is 0 Å². The van der Waals surface area contributed by atoms with Crippen molar-refractivity contribution in [1.29, 1.82) is 0 Å². The molecule has 2 heteroatoms. The van der Waals surface area contributed by atoms with Gasteiger partial charge in [0, 0.05) is 24.0 Å². The summed E-state index contributed by atoms with van der Waals surface area (Å²) >= 11 is 0. The summed E-state index contributed by atoms with van der Waals surface area (Å²) in [6, 6.07) is 18.1. The molecule has 0 saturated heterocycles. The molecule has 108 valence electrons. The Bertz CT molecular complexity index is 626. The maximum absolute atomic E-state index is 12.0. The lowest BCUT2D eigenvalue weighted by Crippen LogP contribution is -2.17. The Morgan fingerprint density at radius 3 is 2.19 bits per heavy atom. The van der Waals surface area contributed by atoms with Gasteiger partial charge in [-0.2, -0.15) is 0 Å². The van der Waals surface area contributed by atoms with E-state index in [-0.39, 0.29) is 5.78 Å². The maximum Gasteiger partial charge on any atom is 0.161 e. The fraction of sp³-hybridized carbons (Fsp3) is 0.211. The molecule has 0 aliphatic heterocycles. The zero-order chi connectivity index (χ0) is 15.2. The number of aryl methyl sites for hydroxylation is 1. The van der Waals surface area contributed by atoms with Crippen molar-refractivity contribution < 1.29 is 4.79 Å². The van der Waals surface area contributed by atoms with Gasteiger partial charge in [0.25, 0.3) is 0 Å². The van der Waals surface area contributed by atoms with Gasteiger partial charge in [-0.1, -0.05) is 48.0 Å². The zero-order valence-electron chi connectivity index (χ0n) is 12.8. The van der Waals surface area contributed by atoms with Crippen LogP contribution < -0.4 is 4.90 Å². The number of carbonyl (C=O) groups excluding carboxylic acids is 1. The lowest BCUT2D eigenvalue weighted by atomic mass is 10.0. The lowest BCUT2D eigenvalue weighted by Gasteiger charge is -2.20. The van der Waals surface area contributed by atoms with Crippen LogP contribution in [0.25, 0.3) is 5.57 Å². The van der Waals surface area contributed by atoms with Gasteiger partial charge in [-0.05, 0) is 38.5 Å². The molecule has 0 bridgehead atoms. The molecular formula is C19H21NO. The van der Waals surface area contributed by atoms with Crippen LogP contribution in [0.1, 0.15) is 25.0 Å². The number of anilines is 1. The number of Topliss-reactive ketones (excluding diaryl/α,β-unsaturated/α-hetero) is 1. The van der Waals surface area contributed by atoms with Crippen molar-refractivity contribution in [3.8, 4) is 0 Å². The smallest absolute Gasteiger partial charge is 0.161 e. The molecule has 0 amide bonds. The number of hydrogen-bond donors (Lipinski definition) is 0. The zero-order valence-corrected chi connectivity index (χ0v) is 12.8. The minimum Gasteiger partial charge on any atom is -0.348 e. The van der Waals surface area contributed by atoms with Crippen LogP contribution in [0.4, 0.5) is 5.69 Å². The SMILES string of the molecule is CCN(/C=C(\C(C)=O)c1ccccc1)c1ccc(C)cc1. The topological polar surface area (TPSA) is 20.3 Å². The van der Waals surface area contributed by atoms with Gasteiger partial charge >= 0.3 is 0 Å². The first-order chi connectivity index (χ1) is 10.1. The van der Waals surface area contributed by atoms with Crippen LogP contribution in [0.15, 0.2) is 60.8 Å². The summed E-state index contributed by atoms with van der Waals surface area (Å²) in [6.45, 7) is 6.58. The van der Waals surface area contributed by atoms with Crippen molar-refractivity contribution in [2.24, 2.45) is 0 Å². The van der Waals surface area contributed by atoms with E-state index in [9.17, 15) is 4.79 Å². The number of allylic oxidation sites excluding steroid dienone is 1. The van der Waals surface area contributed by atoms with Crippen molar-refractivity contribution in [2.75, 3.05) is 11.4 Å². The maximum atomic E-state index is 12.0. The number of carbonyl (C=O) groups is 1. The Morgan fingerprint density at radius 2 is 1.67 bits per heavy atom. The molecule has 0 spiro atoms. The molecule has 2 nitrogen and oxygen atoms in total. The van der Waals surface area contributed by atoms with Gasteiger partial charge in [0.1, 0.15) is 0 Å². The first-order valence-corrected chi connectivity index (χ1v) is 7.23. The molecule has 0 saturated carbocycles. The van der Waals surface area contributed by atoms with E-state index in [1.54, 1.807) is 6.92 Å². The van der Waals surface area contributed by atoms with Gasteiger partial charge in [-0.25, -0.2) is 0 Å². The Labute approximate surface area is 126 Å². The molecule has 0 atom stereocenters. The fourth-order valence-electron chi connectivity index (χ4n) is 2.23. The van der Waals surface area contributed by atoms with E-state index in [0.29, 0.717) is 0 Å². The van der Waals surface area contributed by atoms with Gasteiger partial charge in [-0.15, -0.1) is 0 Å². The average Bonchev–Trinajstić information content (AvgIpc) is 2.50. The first-order valence-electron chi connectivity index (χ1n) is 7.23. The third kappa shape index (κ3) is 3.82. The molecule has 0 aromatic heterocycles. The molecule has 0 radical (unpaired) electrons. The Kier molecular flexibility index (Phi) is 4.94. The van der Waals surface area contributed by atoms with Gasteiger partial charge in [0.2, 0.25) is 0 Å². The van der Waals surface area contributed by atoms with Gasteiger partial charge in [-0.3, -0.25) is 4.79 Å². The third-order valence-electron chi connectivity index (χ3n) is 3.46. The van der Waals surface area contributed by atoms with E-state index >= 15 is 0 Å². The highest BCUT2D eigenvalue weighted by atomic mass is 16.1. The van der Waals surface area contributed by atoms with Crippen molar-refractivity contribution >= 4 is 17.0 Å². The number of ketones is 1. The highest BCUT2D eigenvalue weighted by molar-refractivity contribution is 6.19. The molecule has 0 N–H and O–H groups in total. The molecular weight excluding hydrogens is 258 g/mol. The van der Waals surface area contributed by atoms with Crippen molar-refractivity contribution in [3.05, 3.63) is 71.9 Å². The van der Waals surface area contributed by atoms with Crippen LogP contribution >= 0.6 is 0 Å². The second-order valence-electron chi connectivity index (χ2n) is 5.09. The minimum atomic E-state index is 0.0757. The van der Waals surface area contributed by atoms with Crippen LogP contribution in [0.3, 0.4) is 0 Å². The van der Waals surface area contributed by atoms with Gasteiger partial charge in [0.05, 0.1) is 0 Å². The third-order valence-corrected chi connectivity index (χ3v) is 3.46. The predicted molar refractivity (Wildman–Crippen MR) is 89.3 cm³/mol. The summed E-state index contributed by atoms with van der Waals surface area (Å²) in [6.07, 6.45) is 1.95. The fourth-order valence-corrected chi connectivity index (χ4v) is 2.23. The molecule has 2 aromatic carbocycles. The molecule has 2 rings (SSSR count). The molecule has 21 heavy (non-hydrogen) atoms. The predicted octanol–water partition coefficient (Wildman–Crippen LogP) is 4.45. The van der Waals surface area contributed by atoms with Crippen LogP contribution in [0, 0.1) is 6.92 Å².